The molecule has 2 rings (SSSR count). The van der Waals surface area contributed by atoms with E-state index in [0.717, 1.165) is 19.4 Å². The number of carbonyl (C=O) groups excluding carboxylic acids is 1. The van der Waals surface area contributed by atoms with Crippen molar-refractivity contribution in [3.63, 3.8) is 0 Å². The van der Waals surface area contributed by atoms with Crippen LogP contribution in [0, 0.1) is 0 Å². The molecule has 1 aromatic carbocycles. The van der Waals surface area contributed by atoms with E-state index in [1.54, 1.807) is 25.3 Å². The van der Waals surface area contributed by atoms with Crippen molar-refractivity contribution >= 4 is 17.3 Å². The molecule has 0 radical (unpaired) electrons. The SMILES string of the molecule is COc1ccc(NC(=O)C(C)N2CCCC2C)c(N)c1. The van der Waals surface area contributed by atoms with Crippen LogP contribution in [0.4, 0.5) is 11.4 Å². The molecule has 3 N–H and O–H groups in total. The maximum Gasteiger partial charge on any atom is 0.241 e. The van der Waals surface area contributed by atoms with Crippen LogP contribution in [0.1, 0.15) is 26.7 Å². The third kappa shape index (κ3) is 3.04. The van der Waals surface area contributed by atoms with Gasteiger partial charge in [0.25, 0.3) is 0 Å². The molecule has 1 saturated heterocycles. The molecule has 0 aromatic heterocycles. The van der Waals surface area contributed by atoms with E-state index in [4.69, 9.17) is 10.5 Å². The molecular formula is C15H23N3O2. The molecule has 2 unspecified atom stereocenters. The van der Waals surface area contributed by atoms with Gasteiger partial charge >= 0.3 is 0 Å². The lowest BCUT2D eigenvalue weighted by atomic mass is 10.2. The van der Waals surface area contributed by atoms with Gasteiger partial charge in [-0.25, -0.2) is 0 Å². The number of nitrogens with one attached hydrogen (secondary N) is 1. The van der Waals surface area contributed by atoms with Crippen LogP contribution in [0.2, 0.25) is 0 Å². The number of amides is 1. The topological polar surface area (TPSA) is 67.6 Å². The molecule has 5 nitrogen and oxygen atoms in total. The Hall–Kier alpha value is -1.75. The van der Waals surface area contributed by atoms with Crippen molar-refractivity contribution in [2.75, 3.05) is 24.7 Å². The zero-order valence-electron chi connectivity index (χ0n) is 12.3. The Bertz CT molecular complexity index is 490. The van der Waals surface area contributed by atoms with Gasteiger partial charge in [-0.2, -0.15) is 0 Å². The second-order valence-electron chi connectivity index (χ2n) is 5.35. The monoisotopic (exact) mass is 277 g/mol. The summed E-state index contributed by atoms with van der Waals surface area (Å²) in [7, 11) is 1.59. The molecular weight excluding hydrogens is 254 g/mol. The molecule has 20 heavy (non-hydrogen) atoms. The predicted molar refractivity (Wildman–Crippen MR) is 80.9 cm³/mol. The van der Waals surface area contributed by atoms with Crippen LogP contribution < -0.4 is 15.8 Å². The van der Waals surface area contributed by atoms with E-state index in [1.165, 1.54) is 0 Å². The molecule has 0 spiro atoms. The summed E-state index contributed by atoms with van der Waals surface area (Å²) in [5, 5.41) is 2.90. The van der Waals surface area contributed by atoms with Gasteiger partial charge in [0.1, 0.15) is 5.75 Å². The average Bonchev–Trinajstić information content (AvgIpc) is 2.86. The summed E-state index contributed by atoms with van der Waals surface area (Å²) in [5.74, 6) is 0.664. The van der Waals surface area contributed by atoms with Crippen LogP contribution in [-0.2, 0) is 4.79 Å². The molecule has 1 aromatic rings. The number of ether oxygens (including phenoxy) is 1. The van der Waals surface area contributed by atoms with E-state index in [2.05, 4.69) is 17.1 Å². The molecule has 2 atom stereocenters. The molecule has 1 heterocycles. The van der Waals surface area contributed by atoms with Crippen LogP contribution in [-0.4, -0.2) is 36.5 Å². The summed E-state index contributed by atoms with van der Waals surface area (Å²) in [4.78, 5) is 14.5. The third-order valence-corrected chi connectivity index (χ3v) is 4.00. The highest BCUT2D eigenvalue weighted by Crippen LogP contribution is 2.25. The number of methoxy groups -OCH3 is 1. The fourth-order valence-electron chi connectivity index (χ4n) is 2.70. The first-order valence-electron chi connectivity index (χ1n) is 7.03. The van der Waals surface area contributed by atoms with Crippen molar-refractivity contribution in [3.8, 4) is 5.75 Å². The minimum atomic E-state index is -0.144. The number of nitrogens with zero attached hydrogens (tertiary/aromatic N) is 1. The quantitative estimate of drug-likeness (QED) is 0.827. The Kier molecular flexibility index (Phi) is 4.49. The normalized spacial score (nSPS) is 20.6. The number of nitrogens with two attached hydrogens (primary N) is 1. The van der Waals surface area contributed by atoms with E-state index in [-0.39, 0.29) is 11.9 Å². The summed E-state index contributed by atoms with van der Waals surface area (Å²) in [6, 6.07) is 5.58. The Morgan fingerprint density at radius 1 is 1.55 bits per heavy atom. The van der Waals surface area contributed by atoms with Crippen molar-refractivity contribution in [2.45, 2.75) is 38.8 Å². The molecule has 110 valence electrons. The Labute approximate surface area is 120 Å². The maximum atomic E-state index is 12.3. The van der Waals surface area contributed by atoms with Gasteiger partial charge in [-0.05, 0) is 45.4 Å². The fourth-order valence-corrected chi connectivity index (χ4v) is 2.70. The van der Waals surface area contributed by atoms with E-state index < -0.39 is 0 Å². The number of anilines is 2. The summed E-state index contributed by atoms with van der Waals surface area (Å²) in [6.45, 7) is 5.09. The molecule has 1 aliphatic heterocycles. The van der Waals surface area contributed by atoms with Crippen molar-refractivity contribution in [1.82, 2.24) is 4.90 Å². The Morgan fingerprint density at radius 2 is 2.30 bits per heavy atom. The number of rotatable bonds is 4. The molecule has 1 fully saturated rings. The van der Waals surface area contributed by atoms with Crippen molar-refractivity contribution in [2.24, 2.45) is 0 Å². The molecule has 1 aliphatic rings. The van der Waals surface area contributed by atoms with Crippen molar-refractivity contribution in [1.29, 1.82) is 0 Å². The number of likely N-dealkylation sites (tertiary alicyclic amines) is 1. The summed E-state index contributed by atoms with van der Waals surface area (Å²) in [5.41, 5.74) is 7.06. The highest BCUT2D eigenvalue weighted by atomic mass is 16.5. The summed E-state index contributed by atoms with van der Waals surface area (Å²) < 4.78 is 5.10. The largest absolute Gasteiger partial charge is 0.497 e. The second-order valence-corrected chi connectivity index (χ2v) is 5.35. The highest BCUT2D eigenvalue weighted by Gasteiger charge is 2.29. The first-order valence-corrected chi connectivity index (χ1v) is 7.03. The van der Waals surface area contributed by atoms with Gasteiger partial charge in [0.2, 0.25) is 5.91 Å². The number of carbonyl (C=O) groups is 1. The molecule has 0 aliphatic carbocycles. The smallest absolute Gasteiger partial charge is 0.241 e. The maximum absolute atomic E-state index is 12.3. The van der Waals surface area contributed by atoms with Gasteiger partial charge in [0, 0.05) is 12.1 Å². The average molecular weight is 277 g/mol. The van der Waals surface area contributed by atoms with Crippen molar-refractivity contribution < 1.29 is 9.53 Å². The zero-order valence-corrected chi connectivity index (χ0v) is 12.3. The zero-order chi connectivity index (χ0) is 14.7. The molecule has 0 saturated carbocycles. The van der Waals surface area contributed by atoms with Crippen molar-refractivity contribution in [3.05, 3.63) is 18.2 Å². The Morgan fingerprint density at radius 3 is 2.85 bits per heavy atom. The van der Waals surface area contributed by atoms with Gasteiger partial charge in [-0.15, -0.1) is 0 Å². The van der Waals surface area contributed by atoms with Crippen LogP contribution in [0.5, 0.6) is 5.75 Å². The standard InChI is InChI=1S/C15H23N3O2/c1-10-5-4-8-18(10)11(2)15(19)17-14-7-6-12(20-3)9-13(14)16/h6-7,9-11H,4-5,8,16H2,1-3H3,(H,17,19). The van der Waals surface area contributed by atoms with Gasteiger partial charge in [-0.1, -0.05) is 0 Å². The lowest BCUT2D eigenvalue weighted by molar-refractivity contribution is -0.121. The van der Waals surface area contributed by atoms with E-state index >= 15 is 0 Å². The molecule has 0 bridgehead atoms. The number of nitrogen functional groups attached to an aromatic ring is 1. The lowest BCUT2D eigenvalue weighted by Gasteiger charge is -2.27. The summed E-state index contributed by atoms with van der Waals surface area (Å²) in [6.07, 6.45) is 2.31. The van der Waals surface area contributed by atoms with Gasteiger partial charge in [-0.3, -0.25) is 9.69 Å². The van der Waals surface area contributed by atoms with Crippen LogP contribution >= 0.6 is 0 Å². The van der Waals surface area contributed by atoms with Gasteiger partial charge in [0.05, 0.1) is 24.5 Å². The van der Waals surface area contributed by atoms with Crippen LogP contribution in [0.3, 0.4) is 0 Å². The van der Waals surface area contributed by atoms with E-state index in [0.29, 0.717) is 23.2 Å². The Balaban J connectivity index is 2.04. The minimum absolute atomic E-state index is 0.0179. The molecule has 5 heteroatoms. The van der Waals surface area contributed by atoms with E-state index in [1.807, 2.05) is 6.92 Å². The number of hydrogen-bond donors (Lipinski definition) is 2. The van der Waals surface area contributed by atoms with Gasteiger partial charge in [0.15, 0.2) is 0 Å². The van der Waals surface area contributed by atoms with Crippen LogP contribution in [0.15, 0.2) is 18.2 Å². The number of benzene rings is 1. The first kappa shape index (κ1) is 14.7. The third-order valence-electron chi connectivity index (χ3n) is 4.00. The lowest BCUT2D eigenvalue weighted by Crippen LogP contribution is -2.43. The molecule has 1 amide bonds. The minimum Gasteiger partial charge on any atom is -0.497 e. The van der Waals surface area contributed by atoms with Crippen LogP contribution in [0.25, 0.3) is 0 Å². The fraction of sp³-hybridized carbons (Fsp3) is 0.533. The second kappa shape index (κ2) is 6.13. The summed E-state index contributed by atoms with van der Waals surface area (Å²) >= 11 is 0. The highest BCUT2D eigenvalue weighted by molar-refractivity contribution is 5.97. The first-order chi connectivity index (χ1) is 9.52. The van der Waals surface area contributed by atoms with E-state index in [9.17, 15) is 4.79 Å². The number of hydrogen-bond acceptors (Lipinski definition) is 4. The van der Waals surface area contributed by atoms with Gasteiger partial charge < -0.3 is 15.8 Å². The predicted octanol–water partition coefficient (Wildman–Crippen LogP) is 2.09.